The molecule has 2 aromatic carbocycles. The van der Waals surface area contributed by atoms with E-state index < -0.39 is 20.6 Å². The van der Waals surface area contributed by atoms with Gasteiger partial charge in [0.2, 0.25) is 5.71 Å². The molecule has 0 N–H and O–H groups in total. The van der Waals surface area contributed by atoms with Gasteiger partial charge < -0.3 is 14.4 Å². The second-order valence-electron chi connectivity index (χ2n) is 7.38. The number of benzene rings is 2. The Balaban J connectivity index is 0.000000223. The van der Waals surface area contributed by atoms with Gasteiger partial charge in [0.25, 0.3) is 0 Å². The molecule has 35 heavy (non-hydrogen) atoms. The van der Waals surface area contributed by atoms with Crippen LogP contribution in [0, 0.1) is 32.7 Å². The van der Waals surface area contributed by atoms with Gasteiger partial charge in [-0.05, 0) is 55.7 Å². The maximum absolute atomic E-state index is 7.57. The van der Waals surface area contributed by atoms with Gasteiger partial charge in [-0.15, -0.1) is 54.1 Å². The second-order valence-corrected chi connectivity index (χ2v) is 7.38. The van der Waals surface area contributed by atoms with Crippen molar-refractivity contribution in [2.45, 2.75) is 20.6 Å². The molecule has 4 heterocycles. The zero-order valence-electron chi connectivity index (χ0n) is 27.2. The van der Waals surface area contributed by atoms with E-state index in [0.717, 1.165) is 16.6 Å². The van der Waals surface area contributed by atoms with Gasteiger partial charge in [0.15, 0.2) is 0 Å². The minimum atomic E-state index is -2.34. The minimum Gasteiger partial charge on any atom is -0.486 e. The fraction of sp³-hybridized carbons (Fsp3) is 0.100. The Hall–Kier alpha value is -3.66. The van der Waals surface area contributed by atoms with E-state index in [2.05, 4.69) is 27.1 Å². The Morgan fingerprint density at radius 1 is 0.800 bits per heavy atom. The fourth-order valence-corrected chi connectivity index (χ4v) is 3.49. The summed E-state index contributed by atoms with van der Waals surface area (Å²) in [6, 6.07) is 26.3. The molecule has 0 amide bonds. The molecule has 0 aliphatic heterocycles. The molecule has 1 radical (unpaired) electrons. The Bertz CT molecular complexity index is 1880. The Morgan fingerprint density at radius 3 is 2.51 bits per heavy atom. The van der Waals surface area contributed by atoms with Crippen molar-refractivity contribution < 1.29 is 36.9 Å². The first-order chi connectivity index (χ1) is 20.2. The molecule has 0 spiro atoms. The van der Waals surface area contributed by atoms with Crippen LogP contribution in [-0.2, 0) is 20.1 Å². The largest absolute Gasteiger partial charge is 0.486 e. The topological polar surface area (TPSA) is 51.8 Å². The van der Waals surface area contributed by atoms with E-state index in [-0.39, 0.29) is 42.6 Å². The van der Waals surface area contributed by atoms with E-state index in [0.29, 0.717) is 22.2 Å². The number of hydrogen-bond donors (Lipinski definition) is 0. The predicted octanol–water partition coefficient (Wildman–Crippen LogP) is 7.31. The van der Waals surface area contributed by atoms with Crippen LogP contribution >= 0.6 is 0 Å². The normalized spacial score (nSPS) is 15.4. The molecule has 0 atom stereocenters. The summed E-state index contributed by atoms with van der Waals surface area (Å²) in [6.45, 7) is -6.68. The van der Waals surface area contributed by atoms with Crippen molar-refractivity contribution in [3.05, 3.63) is 114 Å². The van der Waals surface area contributed by atoms with Gasteiger partial charge in [0.05, 0.1) is 5.58 Å². The smallest absolute Gasteiger partial charge is 0.216 e. The predicted molar refractivity (Wildman–Crippen MR) is 136 cm³/mol. The SMILES string of the molecule is [2H]C([2H])([2H])c1ccc(-c2[c-]cccc2)nc1.[2H]C([2H])([2H])c1ccnc(-c2[c-]ccc3c2oc2nc(C([2H])([2H])[2H])ccc23)c1.[Ir]. The zero-order valence-corrected chi connectivity index (χ0v) is 20.6. The summed E-state index contributed by atoms with van der Waals surface area (Å²) >= 11 is 0. The maximum Gasteiger partial charge on any atom is 0.216 e. The Labute approximate surface area is 231 Å². The van der Waals surface area contributed by atoms with Gasteiger partial charge >= 0.3 is 0 Å². The Morgan fingerprint density at radius 2 is 1.74 bits per heavy atom. The van der Waals surface area contributed by atoms with Crippen LogP contribution in [0.2, 0.25) is 0 Å². The van der Waals surface area contributed by atoms with Crippen LogP contribution < -0.4 is 0 Å². The zero-order chi connectivity index (χ0) is 31.0. The summed E-state index contributed by atoms with van der Waals surface area (Å²) in [5, 5.41) is 1.39. The number of furan rings is 1. The molecule has 175 valence electrons. The third kappa shape index (κ3) is 5.37. The van der Waals surface area contributed by atoms with Gasteiger partial charge in [-0.1, -0.05) is 34.7 Å². The third-order valence-electron chi connectivity index (χ3n) is 5.06. The number of rotatable bonds is 2. The fourth-order valence-electron chi connectivity index (χ4n) is 3.49. The molecule has 0 aliphatic carbocycles. The van der Waals surface area contributed by atoms with E-state index in [4.69, 9.17) is 16.8 Å². The summed E-state index contributed by atoms with van der Waals surface area (Å²) in [4.78, 5) is 12.5. The summed E-state index contributed by atoms with van der Waals surface area (Å²) in [7, 11) is 0. The Kier molecular flexibility index (Phi) is 4.71. The van der Waals surface area contributed by atoms with E-state index in [9.17, 15) is 0 Å². The number of aromatic nitrogens is 3. The standard InChI is InChI=1S/C18H13N2O.C12H10N.Ir/c1-11-8-9-19-16(10-11)15-5-3-4-13-14-7-6-12(2)20-18(14)21-17(13)15;1-10-7-8-12(13-9-10)11-5-3-2-4-6-11;/h3-4,6-10H,1-2H3;2-5,7-9H,1H3;/q2*-1;/i1D3,2D3;1D3;. The van der Waals surface area contributed by atoms with Crippen molar-refractivity contribution in [3.63, 3.8) is 0 Å². The van der Waals surface area contributed by atoms with Crippen LogP contribution in [0.15, 0.2) is 89.6 Å². The van der Waals surface area contributed by atoms with Gasteiger partial charge in [-0.3, -0.25) is 0 Å². The van der Waals surface area contributed by atoms with E-state index in [1.807, 2.05) is 18.2 Å². The van der Waals surface area contributed by atoms with Crippen molar-refractivity contribution in [1.82, 2.24) is 15.0 Å². The molecule has 0 aliphatic rings. The van der Waals surface area contributed by atoms with Crippen LogP contribution in [0.4, 0.5) is 0 Å². The molecule has 4 nitrogen and oxygen atoms in total. The summed E-state index contributed by atoms with van der Waals surface area (Å²) < 4.78 is 72.8. The molecule has 6 aromatic rings. The first-order valence-corrected chi connectivity index (χ1v) is 10.4. The quantitative estimate of drug-likeness (QED) is 0.186. The monoisotopic (exact) mass is 643 g/mol. The van der Waals surface area contributed by atoms with E-state index >= 15 is 0 Å². The third-order valence-corrected chi connectivity index (χ3v) is 5.06. The summed E-state index contributed by atoms with van der Waals surface area (Å²) in [5.41, 5.74) is 3.49. The van der Waals surface area contributed by atoms with Gasteiger partial charge in [0.1, 0.15) is 0 Å². The molecular weight excluding hydrogens is 611 g/mol. The van der Waals surface area contributed by atoms with Gasteiger partial charge in [-0.25, -0.2) is 4.98 Å². The van der Waals surface area contributed by atoms with Crippen molar-refractivity contribution in [2.75, 3.05) is 0 Å². The van der Waals surface area contributed by atoms with Crippen LogP contribution in [0.25, 0.3) is 44.6 Å². The average Bonchev–Trinajstić information content (AvgIpc) is 3.35. The van der Waals surface area contributed by atoms with E-state index in [1.165, 1.54) is 30.6 Å². The van der Waals surface area contributed by atoms with E-state index in [1.54, 1.807) is 36.4 Å². The van der Waals surface area contributed by atoms with Crippen LogP contribution in [-0.4, -0.2) is 15.0 Å². The second kappa shape index (κ2) is 10.7. The molecule has 5 heteroatoms. The summed E-state index contributed by atoms with van der Waals surface area (Å²) in [5.74, 6) is 0. The molecular formula is C30H23IrN3O-2. The molecule has 0 saturated carbocycles. The van der Waals surface area contributed by atoms with Crippen molar-refractivity contribution in [3.8, 4) is 22.5 Å². The van der Waals surface area contributed by atoms with Gasteiger partial charge in [-0.2, -0.15) is 0 Å². The van der Waals surface area contributed by atoms with Crippen LogP contribution in [0.1, 0.15) is 29.2 Å². The van der Waals surface area contributed by atoms with Crippen molar-refractivity contribution in [2.24, 2.45) is 0 Å². The number of nitrogens with zero attached hydrogens (tertiary/aromatic N) is 3. The molecule has 0 saturated heterocycles. The minimum absolute atomic E-state index is 0. The van der Waals surface area contributed by atoms with Crippen molar-refractivity contribution >= 4 is 22.1 Å². The molecule has 4 aromatic heterocycles. The first-order valence-electron chi connectivity index (χ1n) is 14.9. The average molecular weight is 643 g/mol. The molecule has 6 rings (SSSR count). The van der Waals surface area contributed by atoms with Crippen molar-refractivity contribution in [1.29, 1.82) is 0 Å². The maximum atomic E-state index is 7.57. The molecule has 0 bridgehead atoms. The van der Waals surface area contributed by atoms with Crippen LogP contribution in [0.5, 0.6) is 0 Å². The first kappa shape index (κ1) is 15.4. The van der Waals surface area contributed by atoms with Crippen LogP contribution in [0.3, 0.4) is 0 Å². The molecule has 0 unspecified atom stereocenters. The summed E-state index contributed by atoms with van der Waals surface area (Å²) in [6.07, 6.45) is 2.82. The number of aryl methyl sites for hydroxylation is 3. The molecule has 0 fully saturated rings. The van der Waals surface area contributed by atoms with Gasteiger partial charge in [0, 0.05) is 55.9 Å². The number of hydrogen-bond acceptors (Lipinski definition) is 4. The number of fused-ring (bicyclic) bond motifs is 3. The number of pyridine rings is 3.